The van der Waals surface area contributed by atoms with E-state index in [1.54, 1.807) is 0 Å². The van der Waals surface area contributed by atoms with Gasteiger partial charge in [-0.25, -0.2) is 0 Å². The summed E-state index contributed by atoms with van der Waals surface area (Å²) in [5, 5.41) is 0. The molecule has 1 atom stereocenters. The van der Waals surface area contributed by atoms with Gasteiger partial charge in [0, 0.05) is 0 Å². The summed E-state index contributed by atoms with van der Waals surface area (Å²) in [5.74, 6) is 0. The van der Waals surface area contributed by atoms with Gasteiger partial charge < -0.3 is 2.85 Å². The number of hydrogen-bond acceptors (Lipinski definition) is 1. The molecule has 1 unspecified atom stereocenters. The molecule has 0 aliphatic heterocycles. The first-order valence-corrected chi connectivity index (χ1v) is 3.30. The molecular formula is C3H10MgO2P+. The van der Waals surface area contributed by atoms with Crippen LogP contribution in [0.15, 0.2) is 0 Å². The van der Waals surface area contributed by atoms with Crippen LogP contribution in [0.1, 0.15) is 16.2 Å². The summed E-state index contributed by atoms with van der Waals surface area (Å²) in [5.41, 5.74) is 0. The van der Waals surface area contributed by atoms with Gasteiger partial charge in [-0.1, -0.05) is 6.92 Å². The molecule has 0 fully saturated rings. The van der Waals surface area contributed by atoms with Crippen molar-refractivity contribution in [3.63, 3.8) is 0 Å². The SMILES string of the molecule is CCC[P+](=O)O.[H-].[H-].[Mg+2]. The monoisotopic (exact) mass is 133 g/mol. The molecule has 0 rings (SSSR count). The van der Waals surface area contributed by atoms with E-state index in [2.05, 4.69) is 0 Å². The normalized spacial score (nSPS) is 9.71. The second-order valence-corrected chi connectivity index (χ2v) is 2.23. The topological polar surface area (TPSA) is 37.3 Å². The van der Waals surface area contributed by atoms with Crippen LogP contribution >= 0.6 is 8.03 Å². The Kier molecular flexibility index (Phi) is 10.5. The predicted molar refractivity (Wildman–Crippen MR) is 33.0 cm³/mol. The predicted octanol–water partition coefficient (Wildman–Crippen LogP) is 0.975. The quantitative estimate of drug-likeness (QED) is 0.450. The van der Waals surface area contributed by atoms with E-state index >= 15 is 0 Å². The molecule has 0 aromatic carbocycles. The first kappa shape index (κ1) is 10.7. The largest absolute Gasteiger partial charge is 2.00 e. The van der Waals surface area contributed by atoms with Crippen LogP contribution in [0.25, 0.3) is 0 Å². The van der Waals surface area contributed by atoms with Crippen molar-refractivity contribution in [2.24, 2.45) is 0 Å². The Morgan fingerprint density at radius 2 is 2.29 bits per heavy atom. The van der Waals surface area contributed by atoms with E-state index in [9.17, 15) is 4.57 Å². The van der Waals surface area contributed by atoms with Gasteiger partial charge >= 0.3 is 31.1 Å². The van der Waals surface area contributed by atoms with Gasteiger partial charge in [-0.05, 0) is 11.0 Å². The Bertz CT molecular complexity index is 63.8. The number of hydrogen-bond donors (Lipinski definition) is 1. The molecule has 40 valence electrons. The molecule has 0 aliphatic carbocycles. The fourth-order valence-electron chi connectivity index (χ4n) is 0.191. The average Bonchev–Trinajstić information content (AvgIpc) is 1.35. The zero-order valence-corrected chi connectivity index (χ0v) is 6.73. The standard InChI is InChI=1S/C3H7O2P.Mg.2H/c1-2-3-6(4)5;;;/h2-3H2,1H3;;;/q;+2;2*-1/p+1. The molecule has 7 heavy (non-hydrogen) atoms. The van der Waals surface area contributed by atoms with Crippen molar-refractivity contribution in [2.75, 3.05) is 6.16 Å². The van der Waals surface area contributed by atoms with Crippen LogP contribution < -0.4 is 0 Å². The van der Waals surface area contributed by atoms with Gasteiger partial charge in [0.15, 0.2) is 6.16 Å². The Morgan fingerprint density at radius 1 is 1.86 bits per heavy atom. The third-order valence-corrected chi connectivity index (χ3v) is 1.24. The van der Waals surface area contributed by atoms with Crippen molar-refractivity contribution in [3.05, 3.63) is 0 Å². The van der Waals surface area contributed by atoms with Gasteiger partial charge in [-0.2, -0.15) is 4.89 Å². The Hall–Kier alpha value is 0.826. The second kappa shape index (κ2) is 6.83. The van der Waals surface area contributed by atoms with Crippen LogP contribution in [-0.2, 0) is 4.57 Å². The third-order valence-electron chi connectivity index (χ3n) is 0.415. The van der Waals surface area contributed by atoms with E-state index in [1.165, 1.54) is 0 Å². The molecule has 0 saturated heterocycles. The minimum Gasteiger partial charge on any atom is -1.00 e. The zero-order valence-electron chi connectivity index (χ0n) is 6.42. The molecule has 0 heterocycles. The van der Waals surface area contributed by atoms with Crippen molar-refractivity contribution in [1.29, 1.82) is 0 Å². The summed E-state index contributed by atoms with van der Waals surface area (Å²) in [6, 6.07) is 0. The summed E-state index contributed by atoms with van der Waals surface area (Å²) < 4.78 is 9.75. The van der Waals surface area contributed by atoms with Crippen LogP contribution in [0.2, 0.25) is 0 Å². The smallest absolute Gasteiger partial charge is 1.00 e. The van der Waals surface area contributed by atoms with E-state index in [0.717, 1.165) is 6.42 Å². The second-order valence-electron chi connectivity index (χ2n) is 1.08. The molecular weight excluding hydrogens is 123 g/mol. The fourth-order valence-corrected chi connectivity index (χ4v) is 0.574. The van der Waals surface area contributed by atoms with Crippen molar-refractivity contribution in [3.8, 4) is 0 Å². The van der Waals surface area contributed by atoms with Gasteiger partial charge in [-0.15, -0.1) is 0 Å². The summed E-state index contributed by atoms with van der Waals surface area (Å²) in [6.07, 6.45) is 1.24. The van der Waals surface area contributed by atoms with Crippen molar-refractivity contribution in [2.45, 2.75) is 13.3 Å². The van der Waals surface area contributed by atoms with Crippen LogP contribution in [0.3, 0.4) is 0 Å². The van der Waals surface area contributed by atoms with Crippen LogP contribution in [0.4, 0.5) is 0 Å². The molecule has 0 bridgehead atoms. The Labute approximate surface area is 63.3 Å². The van der Waals surface area contributed by atoms with Gasteiger partial charge in [0.25, 0.3) is 0 Å². The van der Waals surface area contributed by atoms with E-state index in [4.69, 9.17) is 4.89 Å². The van der Waals surface area contributed by atoms with Crippen LogP contribution in [-0.4, -0.2) is 34.1 Å². The molecule has 0 saturated carbocycles. The molecule has 4 heteroatoms. The third kappa shape index (κ3) is 10.9. The maximum Gasteiger partial charge on any atom is 2.00 e. The van der Waals surface area contributed by atoms with Crippen molar-refractivity contribution in [1.82, 2.24) is 0 Å². The summed E-state index contributed by atoms with van der Waals surface area (Å²) in [6.45, 7) is 1.88. The summed E-state index contributed by atoms with van der Waals surface area (Å²) >= 11 is 0. The molecule has 0 aromatic rings. The molecule has 0 aliphatic rings. The van der Waals surface area contributed by atoms with Crippen molar-refractivity contribution >= 4 is 31.1 Å². The van der Waals surface area contributed by atoms with Gasteiger partial charge in [-0.3, -0.25) is 0 Å². The average molecular weight is 133 g/mol. The summed E-state index contributed by atoms with van der Waals surface area (Å²) in [4.78, 5) is 8.06. The maximum absolute atomic E-state index is 9.75. The Balaban J connectivity index is -0.0000000417. The van der Waals surface area contributed by atoms with E-state index in [-0.39, 0.29) is 25.9 Å². The molecule has 0 spiro atoms. The number of rotatable bonds is 2. The first-order valence-electron chi connectivity index (χ1n) is 1.91. The first-order chi connectivity index (χ1) is 2.77. The summed E-state index contributed by atoms with van der Waals surface area (Å²) in [7, 11) is -1.85. The zero-order chi connectivity index (χ0) is 4.99. The Morgan fingerprint density at radius 3 is 2.29 bits per heavy atom. The molecule has 0 aromatic heterocycles. The molecule has 2 nitrogen and oxygen atoms in total. The van der Waals surface area contributed by atoms with Gasteiger partial charge in [0.2, 0.25) is 0 Å². The maximum atomic E-state index is 9.75. The molecule has 0 radical (unpaired) electrons. The van der Waals surface area contributed by atoms with Gasteiger partial charge in [0.05, 0.1) is 0 Å². The van der Waals surface area contributed by atoms with Crippen LogP contribution in [0.5, 0.6) is 0 Å². The molecule has 1 N–H and O–H groups in total. The van der Waals surface area contributed by atoms with Crippen molar-refractivity contribution < 1.29 is 12.3 Å². The molecule has 0 amide bonds. The fraction of sp³-hybridized carbons (Fsp3) is 1.00. The van der Waals surface area contributed by atoms with E-state index in [0.29, 0.717) is 6.16 Å². The minimum atomic E-state index is -1.85. The van der Waals surface area contributed by atoms with Crippen LogP contribution in [0, 0.1) is 0 Å². The van der Waals surface area contributed by atoms with E-state index < -0.39 is 8.03 Å². The minimum absolute atomic E-state index is 0. The van der Waals surface area contributed by atoms with Gasteiger partial charge in [0.1, 0.15) is 0 Å². The van der Waals surface area contributed by atoms with E-state index in [1.807, 2.05) is 6.92 Å².